The Labute approximate surface area is 103 Å². The van der Waals surface area contributed by atoms with E-state index in [1.807, 2.05) is 0 Å². The van der Waals surface area contributed by atoms with E-state index in [9.17, 15) is 24.8 Å². The van der Waals surface area contributed by atoms with E-state index in [0.717, 1.165) is 0 Å². The van der Waals surface area contributed by atoms with Crippen molar-refractivity contribution in [2.24, 2.45) is 0 Å². The zero-order chi connectivity index (χ0) is 13.7. The smallest absolute Gasteiger partial charge is 0.269 e. The van der Waals surface area contributed by atoms with Crippen LogP contribution in [0.1, 0.15) is 12.5 Å². The van der Waals surface area contributed by atoms with Gasteiger partial charge in [-0.15, -0.1) is 0 Å². The molecule has 0 aliphatic heterocycles. The number of carbonyl (C=O) groups excluding carboxylic acids is 2. The molecule has 0 fully saturated rings. The van der Waals surface area contributed by atoms with Crippen LogP contribution < -0.4 is 10.4 Å². The van der Waals surface area contributed by atoms with E-state index in [2.05, 4.69) is 5.32 Å². The second-order valence-electron chi connectivity index (χ2n) is 3.70. The van der Waals surface area contributed by atoms with Gasteiger partial charge in [-0.3, -0.25) is 14.9 Å². The monoisotopic (exact) mass is 251 g/mol. The number of nitrogens with zero attached hydrogens (tertiary/aromatic N) is 1. The van der Waals surface area contributed by atoms with Gasteiger partial charge in [0.1, 0.15) is 0 Å². The highest BCUT2D eigenvalue weighted by atomic mass is 16.6. The van der Waals surface area contributed by atoms with Gasteiger partial charge in [0.15, 0.2) is 0 Å². The summed E-state index contributed by atoms with van der Waals surface area (Å²) >= 11 is 0. The fourth-order valence-electron chi connectivity index (χ4n) is 1.43. The molecule has 96 valence electrons. The summed E-state index contributed by atoms with van der Waals surface area (Å²) in [4.78, 5) is 31.5. The van der Waals surface area contributed by atoms with Gasteiger partial charge < -0.3 is 15.2 Å². The van der Waals surface area contributed by atoms with Crippen LogP contribution in [0.4, 0.5) is 5.69 Å². The molecule has 0 unspecified atom stereocenters. The van der Waals surface area contributed by atoms with Crippen LogP contribution in [0.2, 0.25) is 0 Å². The van der Waals surface area contributed by atoms with E-state index < -0.39 is 22.8 Å². The summed E-state index contributed by atoms with van der Waals surface area (Å²) in [6, 6.07) is 4.28. The number of non-ortho nitro benzene ring substituents is 1. The molecular weight excluding hydrogens is 240 g/mol. The van der Waals surface area contributed by atoms with Crippen LogP contribution in [0.15, 0.2) is 24.3 Å². The van der Waals surface area contributed by atoms with Gasteiger partial charge in [-0.05, 0) is 12.0 Å². The maximum absolute atomic E-state index is 10.8. The fourth-order valence-corrected chi connectivity index (χ4v) is 1.43. The maximum Gasteiger partial charge on any atom is 0.269 e. The summed E-state index contributed by atoms with van der Waals surface area (Å²) in [5.74, 6) is -1.88. The van der Waals surface area contributed by atoms with Gasteiger partial charge in [0.2, 0.25) is 5.91 Å². The van der Waals surface area contributed by atoms with E-state index in [4.69, 9.17) is 0 Å². The Bertz CT molecular complexity index is 469. The Kier molecular flexibility index (Phi) is 4.36. The van der Waals surface area contributed by atoms with Crippen molar-refractivity contribution in [2.45, 2.75) is 19.4 Å². The lowest BCUT2D eigenvalue weighted by Crippen LogP contribution is -2.48. The van der Waals surface area contributed by atoms with Crippen molar-refractivity contribution in [3.63, 3.8) is 0 Å². The molecule has 7 nitrogen and oxygen atoms in total. The van der Waals surface area contributed by atoms with Gasteiger partial charge in [0.25, 0.3) is 5.69 Å². The first-order valence-corrected chi connectivity index (χ1v) is 5.11. The number of benzene rings is 1. The fraction of sp³-hybridized carbons (Fsp3) is 0.273. The van der Waals surface area contributed by atoms with Gasteiger partial charge in [0, 0.05) is 19.1 Å². The van der Waals surface area contributed by atoms with Gasteiger partial charge in [-0.1, -0.05) is 12.1 Å². The molecule has 18 heavy (non-hydrogen) atoms. The van der Waals surface area contributed by atoms with E-state index in [-0.39, 0.29) is 12.1 Å². The summed E-state index contributed by atoms with van der Waals surface area (Å²) < 4.78 is 0. The minimum atomic E-state index is -1.40. The van der Waals surface area contributed by atoms with Gasteiger partial charge >= 0.3 is 0 Å². The number of rotatable bonds is 5. The molecule has 1 aromatic carbocycles. The van der Waals surface area contributed by atoms with Crippen LogP contribution in [0, 0.1) is 10.1 Å². The first kappa shape index (κ1) is 13.6. The van der Waals surface area contributed by atoms with E-state index >= 15 is 0 Å². The average Bonchev–Trinajstić information content (AvgIpc) is 2.28. The third-order valence-corrected chi connectivity index (χ3v) is 2.25. The summed E-state index contributed by atoms with van der Waals surface area (Å²) in [5.41, 5.74) is 0.479. The Morgan fingerprint density at radius 2 is 1.89 bits per heavy atom. The van der Waals surface area contributed by atoms with Crippen molar-refractivity contribution in [3.8, 4) is 0 Å². The lowest BCUT2D eigenvalue weighted by molar-refractivity contribution is -0.384. The molecule has 0 heterocycles. The van der Waals surface area contributed by atoms with Gasteiger partial charge in [-0.25, -0.2) is 0 Å². The lowest BCUT2D eigenvalue weighted by atomic mass is 10.1. The highest BCUT2D eigenvalue weighted by Crippen LogP contribution is 2.13. The molecule has 7 heteroatoms. The summed E-state index contributed by atoms with van der Waals surface area (Å²) in [6.07, 6.45) is 0.0138. The summed E-state index contributed by atoms with van der Waals surface area (Å²) in [5, 5.41) is 23.4. The molecule has 1 aromatic rings. The predicted molar refractivity (Wildman–Crippen MR) is 59.4 cm³/mol. The van der Waals surface area contributed by atoms with Gasteiger partial charge in [0.05, 0.1) is 16.9 Å². The summed E-state index contributed by atoms with van der Waals surface area (Å²) in [6.45, 7) is 1.20. The SMILES string of the molecule is CC(=O)N[C@H](Cc1ccc([N+](=O)[O-])cc1)C(=O)[O-]. The third kappa shape index (κ3) is 3.85. The van der Waals surface area contributed by atoms with Crippen molar-refractivity contribution < 1.29 is 19.6 Å². The van der Waals surface area contributed by atoms with Crippen molar-refractivity contribution in [1.29, 1.82) is 0 Å². The predicted octanol–water partition coefficient (Wildman–Crippen LogP) is -0.608. The highest BCUT2D eigenvalue weighted by molar-refractivity contribution is 5.81. The Morgan fingerprint density at radius 3 is 2.28 bits per heavy atom. The van der Waals surface area contributed by atoms with Crippen LogP contribution in [-0.2, 0) is 16.0 Å². The number of carbonyl (C=O) groups is 2. The molecular formula is C11H11N2O5-. The molecule has 1 atom stereocenters. The molecule has 0 aromatic heterocycles. The second-order valence-corrected chi connectivity index (χ2v) is 3.70. The van der Waals surface area contributed by atoms with Crippen LogP contribution in [0.25, 0.3) is 0 Å². The molecule has 0 saturated heterocycles. The van der Waals surface area contributed by atoms with Crippen molar-refractivity contribution >= 4 is 17.6 Å². The average molecular weight is 251 g/mol. The Morgan fingerprint density at radius 1 is 1.33 bits per heavy atom. The number of carboxylic acids is 1. The Balaban J connectivity index is 2.78. The van der Waals surface area contributed by atoms with Crippen LogP contribution in [-0.4, -0.2) is 22.8 Å². The minimum Gasteiger partial charge on any atom is -0.548 e. The first-order chi connectivity index (χ1) is 8.40. The topological polar surface area (TPSA) is 112 Å². The zero-order valence-corrected chi connectivity index (χ0v) is 9.58. The number of hydrogen-bond acceptors (Lipinski definition) is 5. The first-order valence-electron chi connectivity index (χ1n) is 5.11. The van der Waals surface area contributed by atoms with Crippen LogP contribution in [0.5, 0.6) is 0 Å². The summed E-state index contributed by atoms with van der Waals surface area (Å²) in [7, 11) is 0. The van der Waals surface area contributed by atoms with Crippen molar-refractivity contribution in [3.05, 3.63) is 39.9 Å². The Hall–Kier alpha value is -2.44. The molecule has 0 saturated carbocycles. The van der Waals surface area contributed by atoms with Crippen molar-refractivity contribution in [1.82, 2.24) is 5.32 Å². The molecule has 1 N–H and O–H groups in total. The highest BCUT2D eigenvalue weighted by Gasteiger charge is 2.13. The number of carboxylic acid groups (broad SMARTS) is 1. The van der Waals surface area contributed by atoms with Crippen molar-refractivity contribution in [2.75, 3.05) is 0 Å². The van der Waals surface area contributed by atoms with Crippen LogP contribution in [0.3, 0.4) is 0 Å². The molecule has 1 rings (SSSR count). The number of aliphatic carboxylic acids is 1. The minimum absolute atomic E-state index is 0.0138. The quantitative estimate of drug-likeness (QED) is 0.554. The normalized spacial score (nSPS) is 11.6. The van der Waals surface area contributed by atoms with E-state index in [1.54, 1.807) is 0 Å². The molecule has 0 aliphatic rings. The maximum atomic E-state index is 10.8. The lowest BCUT2D eigenvalue weighted by Gasteiger charge is -2.18. The number of nitro groups is 1. The zero-order valence-electron chi connectivity index (χ0n) is 9.58. The molecule has 0 bridgehead atoms. The largest absolute Gasteiger partial charge is 0.548 e. The second kappa shape index (κ2) is 5.76. The number of amides is 1. The van der Waals surface area contributed by atoms with Crippen LogP contribution >= 0.6 is 0 Å². The number of nitrogens with one attached hydrogen (secondary N) is 1. The third-order valence-electron chi connectivity index (χ3n) is 2.25. The number of hydrogen-bond donors (Lipinski definition) is 1. The number of nitro benzene ring substituents is 1. The van der Waals surface area contributed by atoms with E-state index in [1.165, 1.54) is 31.2 Å². The van der Waals surface area contributed by atoms with Gasteiger partial charge in [-0.2, -0.15) is 0 Å². The molecule has 1 amide bonds. The standard InChI is InChI=1S/C11H12N2O5/c1-7(14)12-10(11(15)16)6-8-2-4-9(5-3-8)13(17)18/h2-5,10H,6H2,1H3,(H,12,14)(H,15,16)/p-1/t10-/m1/s1. The molecule has 0 radical (unpaired) electrons. The molecule has 0 aliphatic carbocycles. The van der Waals surface area contributed by atoms with E-state index in [0.29, 0.717) is 5.56 Å². The molecule has 0 spiro atoms.